The van der Waals surface area contributed by atoms with Crippen molar-refractivity contribution in [2.45, 2.75) is 6.18 Å². The zero-order valence-corrected chi connectivity index (χ0v) is 15.6. The molecule has 0 spiro atoms. The highest BCUT2D eigenvalue weighted by Crippen LogP contribution is 2.39. The molecule has 7 heteroatoms. The van der Waals surface area contributed by atoms with Crippen molar-refractivity contribution in [3.05, 3.63) is 94.5 Å². The first kappa shape index (κ1) is 19.1. The molecule has 1 heterocycles. The number of nitrogens with one attached hydrogen (secondary N) is 2. The largest absolute Gasteiger partial charge is 0.416 e. The summed E-state index contributed by atoms with van der Waals surface area (Å²) in [5, 5.41) is 6.39. The normalized spacial score (nSPS) is 15.0. The van der Waals surface area contributed by atoms with Crippen LogP contribution < -0.4 is 10.6 Å². The van der Waals surface area contributed by atoms with E-state index in [2.05, 4.69) is 10.6 Å². The van der Waals surface area contributed by atoms with Gasteiger partial charge in [0.25, 0.3) is 5.91 Å². The molecule has 146 valence electrons. The average Bonchev–Trinajstić information content (AvgIpc) is 3.01. The van der Waals surface area contributed by atoms with Gasteiger partial charge in [0.15, 0.2) is 0 Å². The van der Waals surface area contributed by atoms with Crippen LogP contribution in [0, 0.1) is 0 Å². The Morgan fingerprint density at radius 1 is 0.931 bits per heavy atom. The minimum absolute atomic E-state index is 0.319. The smallest absolute Gasteiger partial charge is 0.354 e. The molecule has 0 atom stereocenters. The van der Waals surface area contributed by atoms with E-state index in [9.17, 15) is 18.0 Å². The Labute approximate surface area is 169 Å². The molecule has 0 saturated heterocycles. The molecule has 3 nitrogen and oxygen atoms in total. The molecular weight excluding hydrogens is 401 g/mol. The Balaban J connectivity index is 1.82. The minimum atomic E-state index is -4.41. The van der Waals surface area contributed by atoms with Gasteiger partial charge in [-0.3, -0.25) is 4.79 Å². The lowest BCUT2D eigenvalue weighted by Crippen LogP contribution is -2.10. The van der Waals surface area contributed by atoms with Crippen LogP contribution in [0.25, 0.3) is 11.3 Å². The lowest BCUT2D eigenvalue weighted by Gasteiger charge is -2.15. The maximum atomic E-state index is 12.8. The van der Waals surface area contributed by atoms with Crippen LogP contribution in [0.4, 0.5) is 24.5 Å². The van der Waals surface area contributed by atoms with E-state index < -0.39 is 11.7 Å². The highest BCUT2D eigenvalue weighted by atomic mass is 35.5. The monoisotopic (exact) mass is 414 g/mol. The van der Waals surface area contributed by atoms with E-state index in [1.807, 2.05) is 30.3 Å². The molecule has 0 saturated carbocycles. The van der Waals surface area contributed by atoms with Crippen molar-refractivity contribution in [2.75, 3.05) is 10.6 Å². The summed E-state index contributed by atoms with van der Waals surface area (Å²) in [5.74, 6) is -0.319. The molecule has 29 heavy (non-hydrogen) atoms. The summed E-state index contributed by atoms with van der Waals surface area (Å²) in [6.45, 7) is 0. The Morgan fingerprint density at radius 2 is 1.62 bits per heavy atom. The second-order valence-corrected chi connectivity index (χ2v) is 6.90. The zero-order chi connectivity index (χ0) is 20.6. The average molecular weight is 415 g/mol. The summed E-state index contributed by atoms with van der Waals surface area (Å²) >= 11 is 6.02. The predicted molar refractivity (Wildman–Crippen MR) is 108 cm³/mol. The molecule has 0 aliphatic carbocycles. The summed E-state index contributed by atoms with van der Waals surface area (Å²) in [4.78, 5) is 12.7. The quantitative estimate of drug-likeness (QED) is 0.494. The lowest BCUT2D eigenvalue weighted by molar-refractivity contribution is -0.137. The van der Waals surface area contributed by atoms with E-state index in [0.717, 1.165) is 17.7 Å². The molecule has 0 aromatic heterocycles. The number of hydrogen-bond donors (Lipinski definition) is 2. The Morgan fingerprint density at radius 3 is 2.28 bits per heavy atom. The van der Waals surface area contributed by atoms with Gasteiger partial charge in [-0.15, -0.1) is 0 Å². The standard InChI is InChI=1S/C22H14ClF3N2O/c23-15-8-11-17-18(12-15)28-21(29)19(17)20(13-4-2-1-3-5-13)27-16-9-6-14(7-10-16)22(24,25)26/h1-12,27H,(H,28,29). The van der Waals surface area contributed by atoms with Crippen LogP contribution in [0.2, 0.25) is 5.02 Å². The van der Waals surface area contributed by atoms with Gasteiger partial charge in [-0.1, -0.05) is 48.0 Å². The van der Waals surface area contributed by atoms with E-state index in [0.29, 0.717) is 33.2 Å². The predicted octanol–water partition coefficient (Wildman–Crippen LogP) is 6.29. The highest BCUT2D eigenvalue weighted by molar-refractivity contribution is 6.38. The third-order valence-corrected chi connectivity index (χ3v) is 4.76. The Kier molecular flexibility index (Phi) is 4.80. The molecule has 3 aromatic carbocycles. The molecule has 2 N–H and O–H groups in total. The first-order valence-electron chi connectivity index (χ1n) is 8.68. The van der Waals surface area contributed by atoms with Gasteiger partial charge in [0.05, 0.1) is 22.5 Å². The topological polar surface area (TPSA) is 41.1 Å². The molecule has 1 aliphatic heterocycles. The fourth-order valence-electron chi connectivity index (χ4n) is 3.16. The summed E-state index contributed by atoms with van der Waals surface area (Å²) in [7, 11) is 0. The Hall–Kier alpha value is -3.25. The van der Waals surface area contributed by atoms with Gasteiger partial charge in [-0.25, -0.2) is 0 Å². The lowest BCUT2D eigenvalue weighted by atomic mass is 10.00. The first-order valence-corrected chi connectivity index (χ1v) is 9.06. The number of alkyl halides is 3. The number of carbonyl (C=O) groups excluding carboxylic acids is 1. The molecule has 3 aromatic rings. The van der Waals surface area contributed by atoms with Crippen LogP contribution >= 0.6 is 11.6 Å². The van der Waals surface area contributed by atoms with Gasteiger partial charge >= 0.3 is 6.18 Å². The molecule has 0 unspecified atom stereocenters. The maximum Gasteiger partial charge on any atom is 0.416 e. The summed E-state index contributed by atoms with van der Waals surface area (Å²) in [6, 6.07) is 18.9. The molecule has 1 amide bonds. The first-order chi connectivity index (χ1) is 13.8. The number of fused-ring (bicyclic) bond motifs is 1. The number of hydrogen-bond acceptors (Lipinski definition) is 2. The maximum absolute atomic E-state index is 12.8. The summed E-state index contributed by atoms with van der Waals surface area (Å²) in [5.41, 5.74) is 2.54. The number of benzene rings is 3. The molecule has 4 rings (SSSR count). The van der Waals surface area contributed by atoms with Crippen molar-refractivity contribution in [2.24, 2.45) is 0 Å². The van der Waals surface area contributed by atoms with E-state index in [-0.39, 0.29) is 5.91 Å². The summed E-state index contributed by atoms with van der Waals surface area (Å²) in [6.07, 6.45) is -4.41. The fraction of sp³-hybridized carbons (Fsp3) is 0.0455. The van der Waals surface area contributed by atoms with Crippen molar-refractivity contribution in [3.8, 4) is 0 Å². The van der Waals surface area contributed by atoms with Crippen LogP contribution in [0.5, 0.6) is 0 Å². The number of rotatable bonds is 3. The molecular formula is C22H14ClF3N2O. The van der Waals surface area contributed by atoms with Crippen LogP contribution in [-0.4, -0.2) is 5.91 Å². The van der Waals surface area contributed by atoms with Crippen molar-refractivity contribution in [1.29, 1.82) is 0 Å². The summed E-state index contributed by atoms with van der Waals surface area (Å²) < 4.78 is 38.5. The van der Waals surface area contributed by atoms with E-state index in [1.54, 1.807) is 18.2 Å². The number of carbonyl (C=O) groups is 1. The SMILES string of the molecule is O=C1Nc2cc(Cl)ccc2C1=C(Nc1ccc(C(F)(F)F)cc1)c1ccccc1. The minimum Gasteiger partial charge on any atom is -0.354 e. The van der Waals surface area contributed by atoms with Gasteiger partial charge in [0, 0.05) is 16.3 Å². The van der Waals surface area contributed by atoms with E-state index in [1.165, 1.54) is 12.1 Å². The number of amides is 1. The molecule has 0 fully saturated rings. The second kappa shape index (κ2) is 7.29. The van der Waals surface area contributed by atoms with Gasteiger partial charge in [-0.05, 0) is 42.0 Å². The third-order valence-electron chi connectivity index (χ3n) is 4.52. The second-order valence-electron chi connectivity index (χ2n) is 6.46. The number of halogens is 4. The fourth-order valence-corrected chi connectivity index (χ4v) is 3.34. The van der Waals surface area contributed by atoms with Gasteiger partial charge in [-0.2, -0.15) is 13.2 Å². The van der Waals surface area contributed by atoms with Crippen LogP contribution in [-0.2, 0) is 11.0 Å². The van der Waals surface area contributed by atoms with Crippen LogP contribution in [0.1, 0.15) is 16.7 Å². The van der Waals surface area contributed by atoms with E-state index in [4.69, 9.17) is 11.6 Å². The van der Waals surface area contributed by atoms with Crippen LogP contribution in [0.3, 0.4) is 0 Å². The third kappa shape index (κ3) is 3.84. The van der Waals surface area contributed by atoms with Crippen molar-refractivity contribution in [3.63, 3.8) is 0 Å². The van der Waals surface area contributed by atoms with Gasteiger partial charge < -0.3 is 10.6 Å². The van der Waals surface area contributed by atoms with Crippen molar-refractivity contribution in [1.82, 2.24) is 0 Å². The van der Waals surface area contributed by atoms with Gasteiger partial charge in [0.2, 0.25) is 0 Å². The van der Waals surface area contributed by atoms with Crippen molar-refractivity contribution < 1.29 is 18.0 Å². The van der Waals surface area contributed by atoms with Gasteiger partial charge in [0.1, 0.15) is 0 Å². The molecule has 0 radical (unpaired) electrons. The molecule has 0 bridgehead atoms. The Bertz CT molecular complexity index is 1110. The van der Waals surface area contributed by atoms with Crippen molar-refractivity contribution >= 4 is 40.2 Å². The van der Waals surface area contributed by atoms with E-state index >= 15 is 0 Å². The number of anilines is 2. The zero-order valence-electron chi connectivity index (χ0n) is 14.8. The highest BCUT2D eigenvalue weighted by Gasteiger charge is 2.31. The van der Waals surface area contributed by atoms with Crippen LogP contribution in [0.15, 0.2) is 72.8 Å². The molecule has 1 aliphatic rings.